The van der Waals surface area contributed by atoms with Crippen molar-refractivity contribution in [2.24, 2.45) is 0 Å². The van der Waals surface area contributed by atoms with Crippen LogP contribution in [0.1, 0.15) is 30.5 Å². The van der Waals surface area contributed by atoms with Crippen LogP contribution in [0.3, 0.4) is 0 Å². The third kappa shape index (κ3) is 3.70. The van der Waals surface area contributed by atoms with Gasteiger partial charge < -0.3 is 14.8 Å². The molecule has 2 amide bonds. The molecule has 0 unspecified atom stereocenters. The molecule has 0 spiro atoms. The van der Waals surface area contributed by atoms with Gasteiger partial charge in [0.05, 0.1) is 19.8 Å². The first-order valence-corrected chi connectivity index (χ1v) is 9.47. The van der Waals surface area contributed by atoms with E-state index in [1.54, 1.807) is 32.4 Å². The monoisotopic (exact) mass is 394 g/mol. The van der Waals surface area contributed by atoms with Gasteiger partial charge in [-0.3, -0.25) is 14.5 Å². The minimum atomic E-state index is -0.340. The molecule has 1 N–H and O–H groups in total. The summed E-state index contributed by atoms with van der Waals surface area (Å²) < 4.78 is 10.6. The zero-order valence-corrected chi connectivity index (χ0v) is 17.6. The second-order valence-corrected chi connectivity index (χ2v) is 7.32. The summed E-state index contributed by atoms with van der Waals surface area (Å²) in [5.41, 5.74) is 4.18. The molecule has 6 heteroatoms. The van der Waals surface area contributed by atoms with Gasteiger partial charge in [-0.05, 0) is 56.5 Å². The summed E-state index contributed by atoms with van der Waals surface area (Å²) >= 11 is 0. The van der Waals surface area contributed by atoms with Crippen molar-refractivity contribution in [1.82, 2.24) is 4.90 Å². The van der Waals surface area contributed by atoms with Crippen LogP contribution in [-0.2, 0) is 9.59 Å². The molecule has 1 aliphatic heterocycles. The number of nitrogens with zero attached hydrogens (tertiary/aromatic N) is 1. The fraction of sp³-hybridized carbons (Fsp3) is 0.304. The normalized spacial score (nSPS) is 14.1. The van der Waals surface area contributed by atoms with Gasteiger partial charge >= 0.3 is 0 Å². The van der Waals surface area contributed by atoms with E-state index in [0.717, 1.165) is 16.7 Å². The summed E-state index contributed by atoms with van der Waals surface area (Å²) in [7, 11) is 3.11. The highest BCUT2D eigenvalue weighted by atomic mass is 16.5. The van der Waals surface area contributed by atoms with E-state index >= 15 is 0 Å². The van der Waals surface area contributed by atoms with Crippen molar-refractivity contribution < 1.29 is 19.1 Å². The highest BCUT2D eigenvalue weighted by molar-refractivity contribution is 6.36. The van der Waals surface area contributed by atoms with E-state index in [2.05, 4.69) is 5.32 Å². The van der Waals surface area contributed by atoms with E-state index in [9.17, 15) is 9.59 Å². The first-order chi connectivity index (χ1) is 13.8. The number of imide groups is 1. The molecular weight excluding hydrogens is 368 g/mol. The fourth-order valence-electron chi connectivity index (χ4n) is 3.36. The van der Waals surface area contributed by atoms with Gasteiger partial charge in [0, 0.05) is 17.8 Å². The molecule has 0 aliphatic carbocycles. The lowest BCUT2D eigenvalue weighted by Crippen LogP contribution is -2.38. The van der Waals surface area contributed by atoms with Gasteiger partial charge in [0.2, 0.25) is 0 Å². The van der Waals surface area contributed by atoms with E-state index in [-0.39, 0.29) is 23.6 Å². The van der Waals surface area contributed by atoms with Gasteiger partial charge in [-0.25, -0.2) is 0 Å². The number of aryl methyl sites for hydroxylation is 2. The molecule has 0 radical (unpaired) electrons. The van der Waals surface area contributed by atoms with Crippen molar-refractivity contribution in [3.05, 3.63) is 58.8 Å². The largest absolute Gasteiger partial charge is 0.493 e. The van der Waals surface area contributed by atoms with Crippen LogP contribution in [0.2, 0.25) is 0 Å². The Balaban J connectivity index is 2.11. The number of hydrogen-bond acceptors (Lipinski definition) is 5. The van der Waals surface area contributed by atoms with Crippen LogP contribution in [0, 0.1) is 13.8 Å². The van der Waals surface area contributed by atoms with E-state index < -0.39 is 0 Å². The van der Waals surface area contributed by atoms with Crippen LogP contribution in [-0.4, -0.2) is 37.0 Å². The van der Waals surface area contributed by atoms with Crippen molar-refractivity contribution in [3.8, 4) is 11.5 Å². The summed E-state index contributed by atoms with van der Waals surface area (Å²) in [6.07, 6.45) is 0. The van der Waals surface area contributed by atoms with Crippen molar-refractivity contribution in [2.45, 2.75) is 33.7 Å². The molecule has 152 valence electrons. The number of ether oxygens (including phenoxy) is 2. The topological polar surface area (TPSA) is 67.9 Å². The standard InChI is InChI=1S/C23H26N2O4/c1-13(2)25-22(26)20(16-8-7-14(3)15(4)11-16)21(23(25)27)24-17-9-10-18(28-5)19(12-17)29-6/h7-13,24H,1-6H3. The molecule has 0 atom stereocenters. The minimum absolute atomic E-state index is 0.249. The number of amides is 2. The maximum absolute atomic E-state index is 13.1. The van der Waals surface area contributed by atoms with Crippen molar-refractivity contribution in [3.63, 3.8) is 0 Å². The van der Waals surface area contributed by atoms with Gasteiger partial charge in [0.1, 0.15) is 5.70 Å². The van der Waals surface area contributed by atoms with Crippen LogP contribution in [0.4, 0.5) is 5.69 Å². The molecule has 1 aliphatic rings. The highest BCUT2D eigenvalue weighted by Gasteiger charge is 2.40. The zero-order valence-electron chi connectivity index (χ0n) is 17.6. The van der Waals surface area contributed by atoms with Crippen LogP contribution in [0.25, 0.3) is 5.57 Å². The Morgan fingerprint density at radius 2 is 1.55 bits per heavy atom. The molecule has 2 aromatic carbocycles. The van der Waals surface area contributed by atoms with Crippen molar-refractivity contribution >= 4 is 23.1 Å². The molecule has 0 bridgehead atoms. The van der Waals surface area contributed by atoms with Crippen LogP contribution in [0.5, 0.6) is 11.5 Å². The average Bonchev–Trinajstić information content (AvgIpc) is 2.93. The maximum atomic E-state index is 13.1. The van der Waals surface area contributed by atoms with Gasteiger partial charge in [-0.1, -0.05) is 18.2 Å². The molecule has 0 saturated carbocycles. The van der Waals surface area contributed by atoms with Gasteiger partial charge in [0.15, 0.2) is 11.5 Å². The first-order valence-electron chi connectivity index (χ1n) is 9.47. The van der Waals surface area contributed by atoms with Gasteiger partial charge in [0.25, 0.3) is 11.8 Å². The molecule has 29 heavy (non-hydrogen) atoms. The molecule has 0 aromatic heterocycles. The predicted octanol–water partition coefficient (Wildman–Crippen LogP) is 3.92. The van der Waals surface area contributed by atoms with Gasteiger partial charge in [-0.15, -0.1) is 0 Å². The summed E-state index contributed by atoms with van der Waals surface area (Å²) in [5, 5.41) is 3.15. The van der Waals surface area contributed by atoms with Gasteiger partial charge in [-0.2, -0.15) is 0 Å². The molecule has 3 rings (SSSR count). The van der Waals surface area contributed by atoms with Crippen LogP contribution < -0.4 is 14.8 Å². The Hall–Kier alpha value is -3.28. The number of carbonyl (C=O) groups excluding carboxylic acids is 2. The Morgan fingerprint density at radius 1 is 0.862 bits per heavy atom. The summed E-state index contributed by atoms with van der Waals surface area (Å²) in [6.45, 7) is 7.65. The van der Waals surface area contributed by atoms with Crippen molar-refractivity contribution in [1.29, 1.82) is 0 Å². The molecule has 2 aromatic rings. The lowest BCUT2D eigenvalue weighted by atomic mass is 9.99. The molecular formula is C23H26N2O4. The van der Waals surface area contributed by atoms with Crippen LogP contribution >= 0.6 is 0 Å². The highest BCUT2D eigenvalue weighted by Crippen LogP contribution is 2.35. The smallest absolute Gasteiger partial charge is 0.278 e. The maximum Gasteiger partial charge on any atom is 0.278 e. The van der Waals surface area contributed by atoms with Crippen molar-refractivity contribution in [2.75, 3.05) is 19.5 Å². The number of benzene rings is 2. The minimum Gasteiger partial charge on any atom is -0.493 e. The molecule has 1 heterocycles. The number of anilines is 1. The predicted molar refractivity (Wildman–Crippen MR) is 113 cm³/mol. The Bertz CT molecular complexity index is 1010. The number of hydrogen-bond donors (Lipinski definition) is 1. The summed E-state index contributed by atoms with van der Waals surface area (Å²) in [4.78, 5) is 27.5. The quantitative estimate of drug-likeness (QED) is 0.752. The van der Waals surface area contributed by atoms with E-state index in [0.29, 0.717) is 22.8 Å². The number of carbonyl (C=O) groups is 2. The van der Waals surface area contributed by atoms with E-state index in [1.807, 2.05) is 45.9 Å². The van der Waals surface area contributed by atoms with Crippen LogP contribution in [0.15, 0.2) is 42.1 Å². The molecule has 6 nitrogen and oxygen atoms in total. The Labute approximate surface area is 171 Å². The third-order valence-electron chi connectivity index (χ3n) is 5.08. The number of nitrogens with one attached hydrogen (secondary N) is 1. The fourth-order valence-corrected chi connectivity index (χ4v) is 3.36. The second kappa shape index (κ2) is 7.99. The SMILES string of the molecule is COc1ccc(NC2=C(c3ccc(C)c(C)c3)C(=O)N(C(C)C)C2=O)cc1OC. The summed E-state index contributed by atoms with van der Waals surface area (Å²) in [5.74, 6) is 0.478. The van der Waals surface area contributed by atoms with E-state index in [4.69, 9.17) is 9.47 Å². The Kier molecular flexibility index (Phi) is 5.64. The zero-order chi connectivity index (χ0) is 21.3. The number of rotatable bonds is 6. The third-order valence-corrected chi connectivity index (χ3v) is 5.08. The summed E-state index contributed by atoms with van der Waals surface area (Å²) in [6, 6.07) is 10.8. The lowest BCUT2D eigenvalue weighted by Gasteiger charge is -2.19. The Morgan fingerprint density at radius 3 is 2.14 bits per heavy atom. The first kappa shape index (κ1) is 20.5. The average molecular weight is 394 g/mol. The lowest BCUT2D eigenvalue weighted by molar-refractivity contribution is -0.138. The molecule has 0 fully saturated rings. The second-order valence-electron chi connectivity index (χ2n) is 7.32. The number of methoxy groups -OCH3 is 2. The van der Waals surface area contributed by atoms with E-state index in [1.165, 1.54) is 4.90 Å². The molecule has 0 saturated heterocycles.